The Morgan fingerprint density at radius 2 is 2.19 bits per heavy atom. The number of thiophene rings is 1. The van der Waals surface area contributed by atoms with Crippen molar-refractivity contribution >= 4 is 21.6 Å². The van der Waals surface area contributed by atoms with Crippen molar-refractivity contribution in [3.63, 3.8) is 0 Å². The van der Waals surface area contributed by atoms with Crippen molar-refractivity contribution in [2.75, 3.05) is 0 Å². The van der Waals surface area contributed by atoms with Crippen molar-refractivity contribution in [1.29, 1.82) is 0 Å². The molecule has 0 saturated heterocycles. The van der Waals surface area contributed by atoms with E-state index < -0.39 is 0 Å². The van der Waals surface area contributed by atoms with E-state index in [9.17, 15) is 4.79 Å². The highest BCUT2D eigenvalue weighted by atomic mass is 32.1. The van der Waals surface area contributed by atoms with Crippen molar-refractivity contribution in [2.45, 2.75) is 19.6 Å². The topological polar surface area (TPSA) is 81.0 Å². The average molecular weight is 301 g/mol. The Hall–Kier alpha value is -2.18. The summed E-state index contributed by atoms with van der Waals surface area (Å²) in [6.07, 6.45) is 0. The minimum atomic E-state index is -0.130. The number of nitrogens with one attached hydrogen (secondary N) is 1. The second-order valence-corrected chi connectivity index (χ2v) is 5.68. The summed E-state index contributed by atoms with van der Waals surface area (Å²) in [6, 6.07) is 9.31. The van der Waals surface area contributed by atoms with Gasteiger partial charge in [0.05, 0.1) is 5.52 Å². The zero-order valence-electron chi connectivity index (χ0n) is 11.5. The molecule has 2 aromatic heterocycles. The van der Waals surface area contributed by atoms with Crippen LogP contribution in [0.25, 0.3) is 10.2 Å². The molecule has 0 unspecified atom stereocenters. The molecular weight excluding hydrogens is 286 g/mol. The summed E-state index contributed by atoms with van der Waals surface area (Å²) in [5, 5.41) is 1.85. The lowest BCUT2D eigenvalue weighted by Crippen LogP contribution is -2.13. The molecule has 1 aromatic carbocycles. The van der Waals surface area contributed by atoms with E-state index in [4.69, 9.17) is 10.5 Å². The quantitative estimate of drug-likeness (QED) is 0.776. The zero-order valence-corrected chi connectivity index (χ0v) is 12.3. The van der Waals surface area contributed by atoms with Gasteiger partial charge in [-0.1, -0.05) is 18.2 Å². The predicted molar refractivity (Wildman–Crippen MR) is 83.6 cm³/mol. The molecule has 1 atom stereocenters. The van der Waals surface area contributed by atoms with E-state index in [0.29, 0.717) is 21.8 Å². The monoisotopic (exact) mass is 301 g/mol. The van der Waals surface area contributed by atoms with E-state index >= 15 is 0 Å². The van der Waals surface area contributed by atoms with E-state index in [1.54, 1.807) is 0 Å². The predicted octanol–water partition coefficient (Wildman–Crippen LogP) is 2.58. The lowest BCUT2D eigenvalue weighted by atomic mass is 10.1. The van der Waals surface area contributed by atoms with Gasteiger partial charge in [-0.25, -0.2) is 4.98 Å². The number of aromatic amines is 1. The van der Waals surface area contributed by atoms with Crippen LogP contribution in [-0.4, -0.2) is 9.97 Å². The number of para-hydroxylation sites is 1. The Bertz CT molecular complexity index is 823. The molecule has 21 heavy (non-hydrogen) atoms. The lowest BCUT2D eigenvalue weighted by Gasteiger charge is -2.13. The highest BCUT2D eigenvalue weighted by Gasteiger charge is 2.09. The first-order valence-electron chi connectivity index (χ1n) is 6.59. The van der Waals surface area contributed by atoms with Gasteiger partial charge in [-0.3, -0.25) is 4.79 Å². The Labute approximate surface area is 125 Å². The molecule has 5 nitrogen and oxygen atoms in total. The van der Waals surface area contributed by atoms with Gasteiger partial charge in [0.15, 0.2) is 0 Å². The molecule has 0 spiro atoms. The molecule has 3 aromatic rings. The lowest BCUT2D eigenvalue weighted by molar-refractivity contribution is 0.291. The third kappa shape index (κ3) is 2.81. The van der Waals surface area contributed by atoms with Crippen LogP contribution in [0.4, 0.5) is 0 Å². The molecule has 6 heteroatoms. The standard InChI is InChI=1S/C15H15N3O2S/c1-9(16)10-4-2-3-5-12(10)20-8-13-17-11-6-7-21-14(11)15(19)18-13/h2-7,9H,8,16H2,1H3,(H,17,18,19)/t9-/m0/s1. The van der Waals surface area contributed by atoms with E-state index in [0.717, 1.165) is 5.56 Å². The van der Waals surface area contributed by atoms with Gasteiger partial charge in [-0.2, -0.15) is 0 Å². The summed E-state index contributed by atoms with van der Waals surface area (Å²) in [7, 11) is 0. The number of benzene rings is 1. The number of hydrogen-bond donors (Lipinski definition) is 2. The summed E-state index contributed by atoms with van der Waals surface area (Å²) in [4.78, 5) is 19.0. The SMILES string of the molecule is C[C@H](N)c1ccccc1OCc1nc2ccsc2c(=O)[nH]1. The van der Waals surface area contributed by atoms with Crippen LogP contribution in [0.1, 0.15) is 24.4 Å². The van der Waals surface area contributed by atoms with Gasteiger partial charge in [-0.15, -0.1) is 11.3 Å². The maximum atomic E-state index is 11.9. The molecule has 2 heterocycles. The van der Waals surface area contributed by atoms with Gasteiger partial charge in [0, 0.05) is 11.6 Å². The first kappa shape index (κ1) is 13.8. The molecule has 3 rings (SSSR count). The van der Waals surface area contributed by atoms with E-state index in [1.807, 2.05) is 42.6 Å². The molecule has 108 valence electrons. The average Bonchev–Trinajstić information content (AvgIpc) is 2.94. The Morgan fingerprint density at radius 3 is 3.00 bits per heavy atom. The number of nitrogens with two attached hydrogens (primary N) is 1. The summed E-state index contributed by atoms with van der Waals surface area (Å²) >= 11 is 1.38. The van der Waals surface area contributed by atoms with Gasteiger partial charge in [0.2, 0.25) is 0 Å². The van der Waals surface area contributed by atoms with Crippen LogP contribution in [0.15, 0.2) is 40.5 Å². The summed E-state index contributed by atoms with van der Waals surface area (Å²) in [5.74, 6) is 1.21. The van der Waals surface area contributed by atoms with Crippen LogP contribution in [0.3, 0.4) is 0 Å². The van der Waals surface area contributed by atoms with Crippen molar-refractivity contribution < 1.29 is 4.74 Å². The summed E-state index contributed by atoms with van der Waals surface area (Å²) in [5.41, 5.74) is 7.41. The highest BCUT2D eigenvalue weighted by Crippen LogP contribution is 2.24. The fraction of sp³-hybridized carbons (Fsp3) is 0.200. The van der Waals surface area contributed by atoms with Crippen molar-refractivity contribution in [3.8, 4) is 5.75 Å². The zero-order chi connectivity index (χ0) is 14.8. The van der Waals surface area contributed by atoms with Crippen molar-refractivity contribution in [3.05, 3.63) is 57.5 Å². The van der Waals surface area contributed by atoms with Gasteiger partial charge >= 0.3 is 0 Å². The molecule has 0 aliphatic heterocycles. The van der Waals surface area contributed by atoms with E-state index in [-0.39, 0.29) is 18.2 Å². The fourth-order valence-electron chi connectivity index (χ4n) is 2.12. The second-order valence-electron chi connectivity index (χ2n) is 4.76. The number of nitrogens with zero attached hydrogens (tertiary/aromatic N) is 1. The number of aromatic nitrogens is 2. The second kappa shape index (κ2) is 5.67. The number of rotatable bonds is 4. The number of hydrogen-bond acceptors (Lipinski definition) is 5. The molecule has 0 amide bonds. The molecule has 0 aliphatic carbocycles. The van der Waals surface area contributed by atoms with Gasteiger partial charge in [-0.05, 0) is 24.4 Å². The normalized spacial score (nSPS) is 12.5. The smallest absolute Gasteiger partial charge is 0.268 e. The van der Waals surface area contributed by atoms with Crippen molar-refractivity contribution in [1.82, 2.24) is 9.97 Å². The maximum absolute atomic E-state index is 11.9. The van der Waals surface area contributed by atoms with Gasteiger partial charge in [0.1, 0.15) is 22.9 Å². The Morgan fingerprint density at radius 1 is 1.38 bits per heavy atom. The van der Waals surface area contributed by atoms with Crippen LogP contribution >= 0.6 is 11.3 Å². The van der Waals surface area contributed by atoms with Crippen LogP contribution in [0, 0.1) is 0 Å². The van der Waals surface area contributed by atoms with E-state index in [2.05, 4.69) is 9.97 Å². The molecule has 3 N–H and O–H groups in total. The third-order valence-electron chi connectivity index (χ3n) is 3.14. The maximum Gasteiger partial charge on any atom is 0.268 e. The summed E-state index contributed by atoms with van der Waals surface area (Å²) < 4.78 is 6.39. The number of ether oxygens (including phenoxy) is 1. The molecule has 0 radical (unpaired) electrons. The molecular formula is C15H15N3O2S. The third-order valence-corrected chi connectivity index (χ3v) is 4.04. The first-order chi connectivity index (χ1) is 10.1. The minimum absolute atomic E-state index is 0.118. The van der Waals surface area contributed by atoms with E-state index in [1.165, 1.54) is 11.3 Å². The molecule has 0 fully saturated rings. The number of H-pyrrole nitrogens is 1. The van der Waals surface area contributed by atoms with Gasteiger partial charge in [0.25, 0.3) is 5.56 Å². The Balaban J connectivity index is 1.85. The fourth-order valence-corrected chi connectivity index (χ4v) is 2.85. The highest BCUT2D eigenvalue weighted by molar-refractivity contribution is 7.17. The molecule has 0 aliphatic rings. The summed E-state index contributed by atoms with van der Waals surface area (Å²) in [6.45, 7) is 2.10. The van der Waals surface area contributed by atoms with Crippen LogP contribution in [-0.2, 0) is 6.61 Å². The largest absolute Gasteiger partial charge is 0.485 e. The molecule has 0 saturated carbocycles. The first-order valence-corrected chi connectivity index (χ1v) is 7.47. The molecule has 0 bridgehead atoms. The van der Waals surface area contributed by atoms with Crippen LogP contribution in [0.2, 0.25) is 0 Å². The van der Waals surface area contributed by atoms with Crippen LogP contribution in [0.5, 0.6) is 5.75 Å². The van der Waals surface area contributed by atoms with Crippen molar-refractivity contribution in [2.24, 2.45) is 5.73 Å². The number of fused-ring (bicyclic) bond motifs is 1. The van der Waals surface area contributed by atoms with Gasteiger partial charge < -0.3 is 15.5 Å². The minimum Gasteiger partial charge on any atom is -0.485 e. The van der Waals surface area contributed by atoms with Crippen LogP contribution < -0.4 is 16.0 Å². The Kier molecular flexibility index (Phi) is 3.72.